The molecule has 0 amide bonds. The van der Waals surface area contributed by atoms with Crippen LogP contribution in [0.15, 0.2) is 69.0 Å². The van der Waals surface area contributed by atoms with Crippen molar-refractivity contribution in [3.8, 4) is 11.5 Å². The Kier molecular flexibility index (Phi) is 2.97. The summed E-state index contributed by atoms with van der Waals surface area (Å²) in [5, 5.41) is 13.8. The Balaban J connectivity index is 1.99. The molecule has 0 fully saturated rings. The highest BCUT2D eigenvalue weighted by Gasteiger charge is 2.08. The predicted octanol–water partition coefficient (Wildman–Crippen LogP) is 3.80. The van der Waals surface area contributed by atoms with Crippen molar-refractivity contribution in [1.82, 2.24) is 9.38 Å². The first-order chi connectivity index (χ1) is 10.7. The quantitative estimate of drug-likeness (QED) is 0.417. The monoisotopic (exact) mass is 355 g/mol. The summed E-state index contributed by atoms with van der Waals surface area (Å²) < 4.78 is 8.78. The van der Waals surface area contributed by atoms with E-state index in [0.717, 1.165) is 15.4 Å². The summed E-state index contributed by atoms with van der Waals surface area (Å²) in [6, 6.07) is 13.0. The molecule has 3 heterocycles. The average molecular weight is 356 g/mol. The van der Waals surface area contributed by atoms with Crippen molar-refractivity contribution in [2.45, 2.75) is 0 Å². The molecule has 6 heteroatoms. The van der Waals surface area contributed by atoms with Gasteiger partial charge in [-0.15, -0.1) is 0 Å². The molecule has 0 radical (unpaired) electrons. The van der Waals surface area contributed by atoms with Crippen LogP contribution in [0.4, 0.5) is 0 Å². The van der Waals surface area contributed by atoms with Gasteiger partial charge in [-0.1, -0.05) is 17.3 Å². The van der Waals surface area contributed by atoms with Crippen molar-refractivity contribution in [1.29, 1.82) is 0 Å². The van der Waals surface area contributed by atoms with E-state index in [1.807, 2.05) is 47.0 Å². The van der Waals surface area contributed by atoms with Crippen molar-refractivity contribution in [2.75, 3.05) is 0 Å². The molecule has 0 aliphatic carbocycles. The van der Waals surface area contributed by atoms with Crippen molar-refractivity contribution >= 4 is 32.4 Å². The molecule has 1 aromatic carbocycles. The van der Waals surface area contributed by atoms with Gasteiger partial charge in [-0.05, 0) is 40.2 Å². The van der Waals surface area contributed by atoms with Crippen molar-refractivity contribution in [2.24, 2.45) is 5.16 Å². The molecule has 22 heavy (non-hydrogen) atoms. The Morgan fingerprint density at radius 3 is 2.91 bits per heavy atom. The molecule has 5 nitrogen and oxygen atoms in total. The van der Waals surface area contributed by atoms with Gasteiger partial charge in [0.05, 0.1) is 6.33 Å². The van der Waals surface area contributed by atoms with Gasteiger partial charge in [0.1, 0.15) is 16.6 Å². The summed E-state index contributed by atoms with van der Waals surface area (Å²) in [6.07, 6.45) is 3.65. The van der Waals surface area contributed by atoms with Crippen LogP contribution < -0.4 is 5.36 Å². The van der Waals surface area contributed by atoms with Crippen LogP contribution in [0.3, 0.4) is 0 Å². The number of aromatic nitrogens is 2. The molecule has 0 unspecified atom stereocenters. The van der Waals surface area contributed by atoms with Crippen LogP contribution in [-0.2, 0) is 0 Å². The molecule has 0 atom stereocenters. The molecule has 108 valence electrons. The highest BCUT2D eigenvalue weighted by molar-refractivity contribution is 9.10. The molecule has 3 aromatic heterocycles. The van der Waals surface area contributed by atoms with E-state index in [1.165, 1.54) is 0 Å². The lowest BCUT2D eigenvalue weighted by molar-refractivity contribution is 0.302. The van der Waals surface area contributed by atoms with Crippen molar-refractivity contribution in [3.05, 3.63) is 64.8 Å². The number of benzene rings is 1. The summed E-state index contributed by atoms with van der Waals surface area (Å²) in [5.41, 5.74) is 2.31. The topological polar surface area (TPSA) is 63.0 Å². The fourth-order valence-corrected chi connectivity index (χ4v) is 2.89. The minimum Gasteiger partial charge on any atom is -0.454 e. The van der Waals surface area contributed by atoms with Gasteiger partial charge >= 0.3 is 0 Å². The summed E-state index contributed by atoms with van der Waals surface area (Å²) in [7, 11) is 0. The summed E-state index contributed by atoms with van der Waals surface area (Å²) in [4.78, 5) is 4.40. The number of nitrogens with zero attached hydrogens (tertiary/aromatic N) is 3. The number of hydrogen-bond acceptors (Lipinski definition) is 4. The SMILES string of the molecule is O/N=c1\cc(-c2cc3cc(Br)cn3cn2)oc2ccccc12. The molecule has 0 bridgehead atoms. The lowest BCUT2D eigenvalue weighted by Gasteiger charge is -2.04. The first-order valence-corrected chi connectivity index (χ1v) is 7.38. The molecule has 4 aromatic rings. The van der Waals surface area contributed by atoms with Gasteiger partial charge in [0.2, 0.25) is 0 Å². The standard InChI is InChI=1S/C16H10BrN3O2/c17-10-5-11-6-14(18-9-20(11)8-10)16-7-13(19-21)12-3-1-2-4-15(12)22-16/h1-9,21H/b19-13+. The summed E-state index contributed by atoms with van der Waals surface area (Å²) in [5.74, 6) is 0.548. The molecule has 1 N–H and O–H groups in total. The molecule has 4 rings (SSSR count). The zero-order chi connectivity index (χ0) is 15.1. The lowest BCUT2D eigenvalue weighted by atomic mass is 10.2. The second kappa shape index (κ2) is 4.99. The molecular weight excluding hydrogens is 346 g/mol. The Labute approximate surface area is 133 Å². The Morgan fingerprint density at radius 1 is 1.18 bits per heavy atom. The van der Waals surface area contributed by atoms with E-state index in [0.29, 0.717) is 22.4 Å². The number of para-hydroxylation sites is 1. The summed E-state index contributed by atoms with van der Waals surface area (Å²) in [6.45, 7) is 0. The third kappa shape index (κ3) is 2.08. The second-order valence-corrected chi connectivity index (χ2v) is 5.77. The Bertz CT molecular complexity index is 1070. The van der Waals surface area contributed by atoms with Gasteiger partial charge in [0.15, 0.2) is 5.76 Å². The molecule has 0 aliphatic rings. The van der Waals surface area contributed by atoms with E-state index in [1.54, 1.807) is 12.4 Å². The normalized spacial score (nSPS) is 12.3. The van der Waals surface area contributed by atoms with Crippen LogP contribution in [0.1, 0.15) is 0 Å². The minimum absolute atomic E-state index is 0.454. The Hall–Kier alpha value is -2.60. The molecule has 0 aliphatic heterocycles. The van der Waals surface area contributed by atoms with E-state index in [-0.39, 0.29) is 0 Å². The average Bonchev–Trinajstić information content (AvgIpc) is 2.92. The second-order valence-electron chi connectivity index (χ2n) is 4.86. The van der Waals surface area contributed by atoms with Crippen LogP contribution >= 0.6 is 15.9 Å². The highest BCUT2D eigenvalue weighted by atomic mass is 79.9. The predicted molar refractivity (Wildman–Crippen MR) is 85.4 cm³/mol. The zero-order valence-electron chi connectivity index (χ0n) is 11.3. The van der Waals surface area contributed by atoms with E-state index < -0.39 is 0 Å². The first-order valence-electron chi connectivity index (χ1n) is 6.59. The fourth-order valence-electron chi connectivity index (χ4n) is 2.44. The van der Waals surface area contributed by atoms with Crippen LogP contribution in [-0.4, -0.2) is 14.6 Å². The molecular formula is C16H10BrN3O2. The van der Waals surface area contributed by atoms with Gasteiger partial charge in [-0.2, -0.15) is 0 Å². The largest absolute Gasteiger partial charge is 0.454 e. The van der Waals surface area contributed by atoms with Crippen LogP contribution in [0.5, 0.6) is 0 Å². The molecule has 0 saturated carbocycles. The number of halogens is 1. The minimum atomic E-state index is 0.454. The van der Waals surface area contributed by atoms with Gasteiger partial charge in [-0.3, -0.25) is 0 Å². The smallest absolute Gasteiger partial charge is 0.155 e. The van der Waals surface area contributed by atoms with Gasteiger partial charge in [-0.25, -0.2) is 4.98 Å². The maximum Gasteiger partial charge on any atom is 0.155 e. The van der Waals surface area contributed by atoms with E-state index in [9.17, 15) is 5.21 Å². The third-order valence-electron chi connectivity index (χ3n) is 3.46. The first kappa shape index (κ1) is 13.1. The van der Waals surface area contributed by atoms with Gasteiger partial charge in [0.25, 0.3) is 0 Å². The van der Waals surface area contributed by atoms with Crippen LogP contribution in [0, 0.1) is 0 Å². The number of fused-ring (bicyclic) bond motifs is 2. The lowest BCUT2D eigenvalue weighted by Crippen LogP contribution is -2.03. The maximum absolute atomic E-state index is 9.23. The molecule has 0 spiro atoms. The highest BCUT2D eigenvalue weighted by Crippen LogP contribution is 2.23. The Morgan fingerprint density at radius 2 is 2.05 bits per heavy atom. The van der Waals surface area contributed by atoms with Gasteiger partial charge < -0.3 is 14.0 Å². The number of rotatable bonds is 1. The van der Waals surface area contributed by atoms with Crippen LogP contribution in [0.2, 0.25) is 0 Å². The summed E-state index contributed by atoms with van der Waals surface area (Å²) >= 11 is 3.44. The van der Waals surface area contributed by atoms with Crippen molar-refractivity contribution in [3.63, 3.8) is 0 Å². The molecule has 0 saturated heterocycles. The van der Waals surface area contributed by atoms with Crippen molar-refractivity contribution < 1.29 is 9.62 Å². The van der Waals surface area contributed by atoms with E-state index in [2.05, 4.69) is 26.1 Å². The van der Waals surface area contributed by atoms with E-state index in [4.69, 9.17) is 4.42 Å². The maximum atomic E-state index is 9.23. The third-order valence-corrected chi connectivity index (χ3v) is 3.90. The van der Waals surface area contributed by atoms with Gasteiger partial charge in [0, 0.05) is 27.6 Å². The number of hydrogen-bond donors (Lipinski definition) is 1. The van der Waals surface area contributed by atoms with Crippen LogP contribution in [0.25, 0.3) is 27.9 Å². The fraction of sp³-hybridized carbons (Fsp3) is 0. The zero-order valence-corrected chi connectivity index (χ0v) is 12.9. The van der Waals surface area contributed by atoms with E-state index >= 15 is 0 Å².